The Morgan fingerprint density at radius 2 is 2.00 bits per heavy atom. The molecule has 0 heterocycles. The first-order chi connectivity index (χ1) is 6.24. The SMILES string of the molecule is C=C(CCCN(CC)CCC)OC. The molecule has 0 fully saturated rings. The Kier molecular flexibility index (Phi) is 7.80. The van der Waals surface area contributed by atoms with Gasteiger partial charge in [-0.2, -0.15) is 0 Å². The molecule has 0 aromatic rings. The molecule has 0 bridgehead atoms. The lowest BCUT2D eigenvalue weighted by molar-refractivity contribution is 0.253. The van der Waals surface area contributed by atoms with E-state index in [1.54, 1.807) is 7.11 Å². The van der Waals surface area contributed by atoms with Crippen molar-refractivity contribution in [3.8, 4) is 0 Å². The topological polar surface area (TPSA) is 12.5 Å². The first-order valence-corrected chi connectivity index (χ1v) is 5.18. The molecule has 0 aliphatic heterocycles. The summed E-state index contributed by atoms with van der Waals surface area (Å²) in [4.78, 5) is 2.46. The van der Waals surface area contributed by atoms with Crippen molar-refractivity contribution in [2.75, 3.05) is 26.7 Å². The summed E-state index contributed by atoms with van der Waals surface area (Å²) in [6.07, 6.45) is 3.37. The summed E-state index contributed by atoms with van der Waals surface area (Å²) in [5.41, 5.74) is 0. The molecule has 0 radical (unpaired) electrons. The predicted molar refractivity (Wildman–Crippen MR) is 57.8 cm³/mol. The van der Waals surface area contributed by atoms with Crippen LogP contribution in [-0.4, -0.2) is 31.6 Å². The van der Waals surface area contributed by atoms with Crippen molar-refractivity contribution >= 4 is 0 Å². The number of allylic oxidation sites excluding steroid dienone is 1. The van der Waals surface area contributed by atoms with Gasteiger partial charge in [0.05, 0.1) is 12.9 Å². The van der Waals surface area contributed by atoms with Crippen LogP contribution in [0.15, 0.2) is 12.3 Å². The third-order valence-corrected chi connectivity index (χ3v) is 2.21. The van der Waals surface area contributed by atoms with E-state index in [4.69, 9.17) is 4.74 Å². The first kappa shape index (κ1) is 12.5. The van der Waals surface area contributed by atoms with Gasteiger partial charge in [-0.1, -0.05) is 20.4 Å². The molecule has 0 amide bonds. The van der Waals surface area contributed by atoms with E-state index < -0.39 is 0 Å². The van der Waals surface area contributed by atoms with Crippen molar-refractivity contribution in [1.82, 2.24) is 4.90 Å². The van der Waals surface area contributed by atoms with Crippen molar-refractivity contribution in [3.05, 3.63) is 12.3 Å². The summed E-state index contributed by atoms with van der Waals surface area (Å²) in [5, 5.41) is 0. The number of hydrogen-bond donors (Lipinski definition) is 0. The molecule has 0 aliphatic carbocycles. The molecule has 0 aliphatic rings. The maximum absolute atomic E-state index is 5.01. The highest BCUT2D eigenvalue weighted by Crippen LogP contribution is 2.04. The van der Waals surface area contributed by atoms with Crippen molar-refractivity contribution in [3.63, 3.8) is 0 Å². The van der Waals surface area contributed by atoms with E-state index >= 15 is 0 Å². The van der Waals surface area contributed by atoms with Crippen molar-refractivity contribution < 1.29 is 4.74 Å². The average Bonchev–Trinajstić information content (AvgIpc) is 2.16. The smallest absolute Gasteiger partial charge is 0.0884 e. The molecule has 2 heteroatoms. The van der Waals surface area contributed by atoms with Gasteiger partial charge in [0.2, 0.25) is 0 Å². The molecule has 0 rings (SSSR count). The van der Waals surface area contributed by atoms with E-state index in [0.717, 1.165) is 31.7 Å². The maximum atomic E-state index is 5.01. The van der Waals surface area contributed by atoms with E-state index in [9.17, 15) is 0 Å². The summed E-state index contributed by atoms with van der Waals surface area (Å²) in [7, 11) is 1.69. The monoisotopic (exact) mass is 185 g/mol. The van der Waals surface area contributed by atoms with E-state index in [1.807, 2.05) is 0 Å². The predicted octanol–water partition coefficient (Wildman–Crippen LogP) is 2.66. The molecular formula is C11H23NO. The molecule has 0 saturated heterocycles. The van der Waals surface area contributed by atoms with Gasteiger partial charge in [0, 0.05) is 6.42 Å². The van der Waals surface area contributed by atoms with Crippen LogP contribution in [0.1, 0.15) is 33.1 Å². The Balaban J connectivity index is 3.42. The summed E-state index contributed by atoms with van der Waals surface area (Å²) in [6.45, 7) is 11.7. The summed E-state index contributed by atoms with van der Waals surface area (Å²) in [6, 6.07) is 0. The quantitative estimate of drug-likeness (QED) is 0.539. The maximum Gasteiger partial charge on any atom is 0.0884 e. The van der Waals surface area contributed by atoms with Crippen molar-refractivity contribution in [1.29, 1.82) is 0 Å². The number of nitrogens with zero attached hydrogens (tertiary/aromatic N) is 1. The molecule has 0 spiro atoms. The third-order valence-electron chi connectivity index (χ3n) is 2.21. The lowest BCUT2D eigenvalue weighted by Crippen LogP contribution is -2.25. The second kappa shape index (κ2) is 8.11. The number of rotatable bonds is 8. The van der Waals surface area contributed by atoms with Crippen LogP contribution < -0.4 is 0 Å². The fourth-order valence-electron chi connectivity index (χ4n) is 1.35. The Morgan fingerprint density at radius 3 is 2.46 bits per heavy atom. The molecule has 0 atom stereocenters. The zero-order chi connectivity index (χ0) is 10.1. The largest absolute Gasteiger partial charge is 0.502 e. The normalized spacial score (nSPS) is 10.5. The minimum absolute atomic E-state index is 0.896. The standard InChI is InChI=1S/C11H23NO/c1-5-9-12(6-2)10-7-8-11(3)13-4/h3,5-10H2,1-2,4H3. The Bertz CT molecular complexity index is 134. The fourth-order valence-corrected chi connectivity index (χ4v) is 1.35. The molecule has 2 nitrogen and oxygen atoms in total. The molecule has 0 N–H and O–H groups in total. The van der Waals surface area contributed by atoms with E-state index in [0.29, 0.717) is 0 Å². The van der Waals surface area contributed by atoms with Crippen molar-refractivity contribution in [2.24, 2.45) is 0 Å². The van der Waals surface area contributed by atoms with Crippen LogP contribution in [0.5, 0.6) is 0 Å². The van der Waals surface area contributed by atoms with Gasteiger partial charge in [0.25, 0.3) is 0 Å². The second-order valence-corrected chi connectivity index (χ2v) is 3.28. The van der Waals surface area contributed by atoms with Crippen LogP contribution in [0.3, 0.4) is 0 Å². The Morgan fingerprint density at radius 1 is 1.31 bits per heavy atom. The van der Waals surface area contributed by atoms with Gasteiger partial charge in [-0.15, -0.1) is 0 Å². The van der Waals surface area contributed by atoms with Gasteiger partial charge in [0.15, 0.2) is 0 Å². The van der Waals surface area contributed by atoms with Gasteiger partial charge in [-0.25, -0.2) is 0 Å². The zero-order valence-electron chi connectivity index (χ0n) is 9.31. The molecular weight excluding hydrogens is 162 g/mol. The van der Waals surface area contributed by atoms with Crippen LogP contribution in [0.2, 0.25) is 0 Å². The highest BCUT2D eigenvalue weighted by atomic mass is 16.5. The van der Waals surface area contributed by atoms with Gasteiger partial charge in [-0.05, 0) is 32.5 Å². The molecule has 0 aromatic carbocycles. The van der Waals surface area contributed by atoms with Crippen LogP contribution in [0.4, 0.5) is 0 Å². The van der Waals surface area contributed by atoms with Gasteiger partial charge in [-0.3, -0.25) is 0 Å². The zero-order valence-corrected chi connectivity index (χ0v) is 9.31. The second-order valence-electron chi connectivity index (χ2n) is 3.28. The lowest BCUT2D eigenvalue weighted by Gasteiger charge is -2.19. The fraction of sp³-hybridized carbons (Fsp3) is 0.818. The van der Waals surface area contributed by atoms with E-state index in [-0.39, 0.29) is 0 Å². The first-order valence-electron chi connectivity index (χ1n) is 5.18. The Labute approximate surface area is 82.6 Å². The minimum Gasteiger partial charge on any atom is -0.502 e. The van der Waals surface area contributed by atoms with Crippen LogP contribution in [0.25, 0.3) is 0 Å². The van der Waals surface area contributed by atoms with Crippen LogP contribution >= 0.6 is 0 Å². The van der Waals surface area contributed by atoms with Gasteiger partial charge >= 0.3 is 0 Å². The molecule has 0 saturated carbocycles. The number of hydrogen-bond acceptors (Lipinski definition) is 2. The number of ether oxygens (including phenoxy) is 1. The highest BCUT2D eigenvalue weighted by molar-refractivity contribution is 4.81. The number of methoxy groups -OCH3 is 1. The third kappa shape index (κ3) is 6.64. The molecule has 13 heavy (non-hydrogen) atoms. The summed E-state index contributed by atoms with van der Waals surface area (Å²) >= 11 is 0. The van der Waals surface area contributed by atoms with Gasteiger partial charge in [0.1, 0.15) is 0 Å². The van der Waals surface area contributed by atoms with E-state index in [1.165, 1.54) is 13.0 Å². The summed E-state index contributed by atoms with van der Waals surface area (Å²) < 4.78 is 5.01. The minimum atomic E-state index is 0.896. The molecule has 78 valence electrons. The molecule has 0 unspecified atom stereocenters. The highest BCUT2D eigenvalue weighted by Gasteiger charge is 2.00. The van der Waals surface area contributed by atoms with Crippen LogP contribution in [-0.2, 0) is 4.74 Å². The van der Waals surface area contributed by atoms with Gasteiger partial charge < -0.3 is 9.64 Å². The van der Waals surface area contributed by atoms with Crippen LogP contribution in [0, 0.1) is 0 Å². The van der Waals surface area contributed by atoms with E-state index in [2.05, 4.69) is 25.3 Å². The van der Waals surface area contributed by atoms with Crippen molar-refractivity contribution in [2.45, 2.75) is 33.1 Å². The summed E-state index contributed by atoms with van der Waals surface area (Å²) in [5.74, 6) is 0.896. The molecule has 0 aromatic heterocycles. The Hall–Kier alpha value is -0.500. The lowest BCUT2D eigenvalue weighted by atomic mass is 10.2. The average molecular weight is 185 g/mol.